The van der Waals surface area contributed by atoms with Gasteiger partial charge >= 0.3 is 0 Å². The number of aromatic nitrogens is 1. The lowest BCUT2D eigenvalue weighted by molar-refractivity contribution is 0.0909. The van der Waals surface area contributed by atoms with E-state index in [2.05, 4.69) is 4.98 Å². The quantitative estimate of drug-likeness (QED) is 0.842. The largest absolute Gasteiger partial charge is 0.467 e. The van der Waals surface area contributed by atoms with Gasteiger partial charge in [-0.25, -0.2) is 4.98 Å². The van der Waals surface area contributed by atoms with Crippen LogP contribution in [-0.2, 0) is 24.5 Å². The lowest BCUT2D eigenvalue weighted by atomic mass is 10.5. The molecule has 0 atom stereocenters. The molecule has 2 aromatic rings. The summed E-state index contributed by atoms with van der Waals surface area (Å²) in [4.78, 5) is 4.29. The number of nitrogens with two attached hydrogens (primary N) is 1. The summed E-state index contributed by atoms with van der Waals surface area (Å²) in [6, 6.07) is 3.72. The average molecular weight is 224 g/mol. The maximum absolute atomic E-state index is 5.46. The molecule has 0 spiro atoms. The molecule has 0 saturated carbocycles. The molecule has 0 aliphatic rings. The fraction of sp³-hybridized carbons (Fsp3) is 0.300. The molecule has 2 heterocycles. The van der Waals surface area contributed by atoms with Crippen molar-refractivity contribution in [3.05, 3.63) is 40.2 Å². The summed E-state index contributed by atoms with van der Waals surface area (Å²) in [5, 5.41) is 2.90. The zero-order chi connectivity index (χ0) is 10.5. The van der Waals surface area contributed by atoms with Crippen LogP contribution in [0.25, 0.3) is 0 Å². The summed E-state index contributed by atoms with van der Waals surface area (Å²) in [6.07, 6.45) is 1.63. The lowest BCUT2D eigenvalue weighted by Crippen LogP contribution is -1.97. The van der Waals surface area contributed by atoms with Gasteiger partial charge in [0.25, 0.3) is 0 Å². The maximum atomic E-state index is 5.46. The number of hydrogen-bond acceptors (Lipinski definition) is 5. The molecule has 0 bridgehead atoms. The Labute approximate surface area is 91.7 Å². The number of nitrogens with zero attached hydrogens (tertiary/aromatic N) is 1. The van der Waals surface area contributed by atoms with Crippen molar-refractivity contribution in [2.75, 3.05) is 0 Å². The lowest BCUT2D eigenvalue weighted by Gasteiger charge is -1.98. The van der Waals surface area contributed by atoms with Crippen molar-refractivity contribution in [1.29, 1.82) is 0 Å². The predicted molar refractivity (Wildman–Crippen MR) is 57.2 cm³/mol. The van der Waals surface area contributed by atoms with Crippen LogP contribution in [0.1, 0.15) is 16.5 Å². The van der Waals surface area contributed by atoms with Crippen molar-refractivity contribution < 1.29 is 9.15 Å². The minimum absolute atomic E-state index is 0.475. The maximum Gasteiger partial charge on any atom is 0.129 e. The first-order chi connectivity index (χ1) is 7.38. The Bertz CT molecular complexity index is 397. The van der Waals surface area contributed by atoms with E-state index in [9.17, 15) is 0 Å². The second kappa shape index (κ2) is 5.06. The molecule has 0 aromatic carbocycles. The predicted octanol–water partition coefficient (Wildman–Crippen LogP) is 1.91. The highest BCUT2D eigenvalue weighted by molar-refractivity contribution is 7.09. The Morgan fingerprint density at radius 1 is 1.47 bits per heavy atom. The summed E-state index contributed by atoms with van der Waals surface area (Å²) in [7, 11) is 0. The minimum atomic E-state index is 0.475. The Morgan fingerprint density at radius 3 is 3.07 bits per heavy atom. The van der Waals surface area contributed by atoms with Gasteiger partial charge in [-0.15, -0.1) is 11.3 Å². The average Bonchev–Trinajstić information content (AvgIpc) is 2.88. The number of ether oxygens (including phenoxy) is 1. The molecular weight excluding hydrogens is 212 g/mol. The summed E-state index contributed by atoms with van der Waals surface area (Å²) >= 11 is 1.56. The van der Waals surface area contributed by atoms with Crippen LogP contribution in [0.15, 0.2) is 28.2 Å². The summed E-state index contributed by atoms with van der Waals surface area (Å²) in [5.74, 6) is 0.823. The van der Waals surface area contributed by atoms with Crippen LogP contribution in [0.5, 0.6) is 0 Å². The van der Waals surface area contributed by atoms with Crippen molar-refractivity contribution >= 4 is 11.3 Å². The molecule has 0 aliphatic carbocycles. The number of furan rings is 1. The second-order valence-corrected chi connectivity index (χ2v) is 3.95. The van der Waals surface area contributed by atoms with Crippen LogP contribution in [0, 0.1) is 0 Å². The minimum Gasteiger partial charge on any atom is -0.467 e. The van der Waals surface area contributed by atoms with E-state index in [0.717, 1.165) is 16.5 Å². The van der Waals surface area contributed by atoms with Gasteiger partial charge in [0.1, 0.15) is 17.4 Å². The van der Waals surface area contributed by atoms with E-state index in [4.69, 9.17) is 14.9 Å². The highest BCUT2D eigenvalue weighted by Gasteiger charge is 2.01. The molecule has 0 radical (unpaired) electrons. The monoisotopic (exact) mass is 224 g/mol. The van der Waals surface area contributed by atoms with Crippen LogP contribution >= 0.6 is 11.3 Å². The van der Waals surface area contributed by atoms with Gasteiger partial charge in [0.2, 0.25) is 0 Å². The van der Waals surface area contributed by atoms with Gasteiger partial charge in [0.15, 0.2) is 0 Å². The molecule has 2 rings (SSSR count). The molecule has 4 nitrogen and oxygen atoms in total. The molecule has 0 saturated heterocycles. The van der Waals surface area contributed by atoms with E-state index >= 15 is 0 Å². The molecule has 5 heteroatoms. The van der Waals surface area contributed by atoms with Crippen LogP contribution in [0.4, 0.5) is 0 Å². The Kier molecular flexibility index (Phi) is 3.49. The highest BCUT2D eigenvalue weighted by atomic mass is 32.1. The molecule has 0 amide bonds. The summed E-state index contributed by atoms with van der Waals surface area (Å²) < 4.78 is 10.6. The van der Waals surface area contributed by atoms with Crippen LogP contribution in [-0.4, -0.2) is 4.98 Å². The molecular formula is C10H12N2O2S. The van der Waals surface area contributed by atoms with Crippen molar-refractivity contribution in [3.8, 4) is 0 Å². The van der Waals surface area contributed by atoms with Crippen LogP contribution in [0.3, 0.4) is 0 Å². The topological polar surface area (TPSA) is 61.3 Å². The van der Waals surface area contributed by atoms with E-state index < -0.39 is 0 Å². The SMILES string of the molecule is NCc1nc(COCc2ccco2)cs1. The fourth-order valence-electron chi connectivity index (χ4n) is 1.16. The van der Waals surface area contributed by atoms with E-state index in [1.807, 2.05) is 17.5 Å². The van der Waals surface area contributed by atoms with Gasteiger partial charge in [0, 0.05) is 11.9 Å². The molecule has 15 heavy (non-hydrogen) atoms. The molecule has 0 aliphatic heterocycles. The second-order valence-electron chi connectivity index (χ2n) is 3.01. The molecule has 0 fully saturated rings. The van der Waals surface area contributed by atoms with E-state index in [1.165, 1.54) is 0 Å². The van der Waals surface area contributed by atoms with Crippen LogP contribution in [0.2, 0.25) is 0 Å². The molecule has 2 N–H and O–H groups in total. The zero-order valence-corrected chi connectivity index (χ0v) is 9.00. The third-order valence-electron chi connectivity index (χ3n) is 1.85. The molecule has 0 unspecified atom stereocenters. The van der Waals surface area contributed by atoms with Gasteiger partial charge in [-0.2, -0.15) is 0 Å². The Morgan fingerprint density at radius 2 is 2.40 bits per heavy atom. The normalized spacial score (nSPS) is 10.7. The number of hydrogen-bond donors (Lipinski definition) is 1. The highest BCUT2D eigenvalue weighted by Crippen LogP contribution is 2.11. The van der Waals surface area contributed by atoms with Crippen molar-refractivity contribution in [2.24, 2.45) is 5.73 Å². The fourth-order valence-corrected chi connectivity index (χ4v) is 1.82. The first kappa shape index (κ1) is 10.4. The van der Waals surface area contributed by atoms with E-state index in [0.29, 0.717) is 19.8 Å². The van der Waals surface area contributed by atoms with Gasteiger partial charge < -0.3 is 14.9 Å². The van der Waals surface area contributed by atoms with Crippen molar-refractivity contribution in [3.63, 3.8) is 0 Å². The van der Waals surface area contributed by atoms with Crippen molar-refractivity contribution in [2.45, 2.75) is 19.8 Å². The van der Waals surface area contributed by atoms with E-state index in [1.54, 1.807) is 17.6 Å². The number of thiazole rings is 1. The first-order valence-electron chi connectivity index (χ1n) is 4.62. The van der Waals surface area contributed by atoms with Gasteiger partial charge in [0.05, 0.1) is 18.6 Å². The van der Waals surface area contributed by atoms with Gasteiger partial charge in [-0.3, -0.25) is 0 Å². The standard InChI is InChI=1S/C10H12N2O2S/c11-4-10-12-8(7-15-10)5-13-6-9-2-1-3-14-9/h1-3,7H,4-6,11H2. The van der Waals surface area contributed by atoms with Crippen LogP contribution < -0.4 is 5.73 Å². The van der Waals surface area contributed by atoms with E-state index in [-0.39, 0.29) is 0 Å². The van der Waals surface area contributed by atoms with Gasteiger partial charge in [-0.1, -0.05) is 0 Å². The Hall–Kier alpha value is -1.17. The first-order valence-corrected chi connectivity index (χ1v) is 5.50. The van der Waals surface area contributed by atoms with Gasteiger partial charge in [-0.05, 0) is 12.1 Å². The van der Waals surface area contributed by atoms with Crippen molar-refractivity contribution in [1.82, 2.24) is 4.98 Å². The molecule has 2 aromatic heterocycles. The smallest absolute Gasteiger partial charge is 0.129 e. The third kappa shape index (κ3) is 2.89. The molecule has 80 valence electrons. The Balaban J connectivity index is 1.78. The summed E-state index contributed by atoms with van der Waals surface area (Å²) in [5.41, 5.74) is 6.38. The zero-order valence-electron chi connectivity index (χ0n) is 8.18. The number of rotatable bonds is 5. The third-order valence-corrected chi connectivity index (χ3v) is 2.77. The summed E-state index contributed by atoms with van der Waals surface area (Å²) in [6.45, 7) is 1.46.